The van der Waals surface area contributed by atoms with Gasteiger partial charge in [-0.3, -0.25) is 0 Å². The van der Waals surface area contributed by atoms with Crippen LogP contribution in [0.2, 0.25) is 0 Å². The van der Waals surface area contributed by atoms with Gasteiger partial charge < -0.3 is 10.4 Å². The third-order valence-corrected chi connectivity index (χ3v) is 5.71. The first-order valence-corrected chi connectivity index (χ1v) is 10.7. The number of aryl methyl sites for hydroxylation is 1. The summed E-state index contributed by atoms with van der Waals surface area (Å²) in [6.07, 6.45) is 2.48. The van der Waals surface area contributed by atoms with Crippen LogP contribution < -0.4 is 5.32 Å². The summed E-state index contributed by atoms with van der Waals surface area (Å²) in [5.41, 5.74) is 3.87. The molecule has 2 heterocycles. The SMILES string of the molecule is Cc1ccc(Sc2ccc(O)cc2)c(Nc2ncnc3nc(CC(C)C)ccc23)c1. The van der Waals surface area contributed by atoms with Gasteiger partial charge in [-0.2, -0.15) is 0 Å². The van der Waals surface area contributed by atoms with E-state index in [9.17, 15) is 5.11 Å². The van der Waals surface area contributed by atoms with Gasteiger partial charge in [-0.25, -0.2) is 15.0 Å². The van der Waals surface area contributed by atoms with E-state index in [0.717, 1.165) is 44.4 Å². The molecular weight excluding hydrogens is 392 g/mol. The van der Waals surface area contributed by atoms with Crippen LogP contribution in [-0.4, -0.2) is 20.1 Å². The lowest BCUT2D eigenvalue weighted by molar-refractivity contribution is 0.475. The number of rotatable bonds is 6. The molecule has 0 saturated heterocycles. The molecule has 0 unspecified atom stereocenters. The number of phenols is 1. The molecule has 0 radical (unpaired) electrons. The summed E-state index contributed by atoms with van der Waals surface area (Å²) >= 11 is 1.63. The lowest BCUT2D eigenvalue weighted by Gasteiger charge is -2.14. The van der Waals surface area contributed by atoms with Gasteiger partial charge in [-0.15, -0.1) is 0 Å². The molecule has 2 N–H and O–H groups in total. The predicted octanol–water partition coefficient (Wildman–Crippen LogP) is 6.13. The van der Waals surface area contributed by atoms with E-state index in [0.29, 0.717) is 11.6 Å². The van der Waals surface area contributed by atoms with Gasteiger partial charge in [-0.05, 0) is 73.4 Å². The molecule has 0 aliphatic carbocycles. The van der Waals surface area contributed by atoms with E-state index in [1.54, 1.807) is 30.2 Å². The lowest BCUT2D eigenvalue weighted by atomic mass is 10.1. The van der Waals surface area contributed by atoms with E-state index in [1.807, 2.05) is 18.2 Å². The van der Waals surface area contributed by atoms with Crippen molar-refractivity contribution >= 4 is 34.3 Å². The number of pyridine rings is 1. The van der Waals surface area contributed by atoms with Crippen LogP contribution in [0.4, 0.5) is 11.5 Å². The maximum Gasteiger partial charge on any atom is 0.164 e. The highest BCUT2D eigenvalue weighted by molar-refractivity contribution is 7.99. The minimum absolute atomic E-state index is 0.262. The molecule has 30 heavy (non-hydrogen) atoms. The van der Waals surface area contributed by atoms with Gasteiger partial charge in [0, 0.05) is 15.5 Å². The van der Waals surface area contributed by atoms with Crippen LogP contribution >= 0.6 is 11.8 Å². The fraction of sp³-hybridized carbons (Fsp3) is 0.208. The first-order chi connectivity index (χ1) is 14.5. The zero-order chi connectivity index (χ0) is 21.1. The highest BCUT2D eigenvalue weighted by Gasteiger charge is 2.11. The van der Waals surface area contributed by atoms with Crippen molar-refractivity contribution in [2.75, 3.05) is 5.32 Å². The Balaban J connectivity index is 1.67. The van der Waals surface area contributed by atoms with Crippen molar-refractivity contribution in [1.29, 1.82) is 0 Å². The standard InChI is InChI=1S/C24H24N4OS/c1-15(2)12-17-5-10-20-23(27-17)25-14-26-24(20)28-21-13-16(3)4-11-22(21)30-19-8-6-18(29)7-9-19/h4-11,13-15,29H,12H2,1-3H3,(H,25,26,27,28). The summed E-state index contributed by atoms with van der Waals surface area (Å²) in [7, 11) is 0. The molecule has 0 saturated carbocycles. The third kappa shape index (κ3) is 4.71. The number of hydrogen-bond donors (Lipinski definition) is 2. The summed E-state index contributed by atoms with van der Waals surface area (Å²) < 4.78 is 0. The molecule has 0 spiro atoms. The number of phenolic OH excluding ortho intramolecular Hbond substituents is 1. The van der Waals surface area contributed by atoms with Gasteiger partial charge >= 0.3 is 0 Å². The largest absolute Gasteiger partial charge is 0.508 e. The topological polar surface area (TPSA) is 70.9 Å². The number of anilines is 2. The number of fused-ring (bicyclic) bond motifs is 1. The molecule has 0 amide bonds. The summed E-state index contributed by atoms with van der Waals surface area (Å²) in [6, 6.07) is 17.6. The Kier molecular flexibility index (Phi) is 5.86. The number of nitrogens with zero attached hydrogens (tertiary/aromatic N) is 3. The van der Waals surface area contributed by atoms with Crippen LogP contribution in [0.25, 0.3) is 11.0 Å². The second-order valence-electron chi connectivity index (χ2n) is 7.71. The van der Waals surface area contributed by atoms with E-state index in [4.69, 9.17) is 4.98 Å². The normalized spacial score (nSPS) is 11.2. The second kappa shape index (κ2) is 8.71. The first-order valence-electron chi connectivity index (χ1n) is 9.93. The molecule has 6 heteroatoms. The van der Waals surface area contributed by atoms with E-state index >= 15 is 0 Å². The molecule has 4 aromatic rings. The Morgan fingerprint density at radius 1 is 1.00 bits per heavy atom. The number of benzene rings is 2. The van der Waals surface area contributed by atoms with Gasteiger partial charge in [0.05, 0.1) is 11.1 Å². The average molecular weight is 417 g/mol. The Morgan fingerprint density at radius 3 is 2.57 bits per heavy atom. The van der Waals surface area contributed by atoms with Crippen LogP contribution in [0.1, 0.15) is 25.1 Å². The Bertz CT molecular complexity index is 1180. The zero-order valence-electron chi connectivity index (χ0n) is 17.3. The summed E-state index contributed by atoms with van der Waals surface area (Å²) in [4.78, 5) is 15.7. The monoisotopic (exact) mass is 416 g/mol. The van der Waals surface area contributed by atoms with E-state index in [2.05, 4.69) is 60.3 Å². The van der Waals surface area contributed by atoms with Crippen molar-refractivity contribution in [3.63, 3.8) is 0 Å². The van der Waals surface area contributed by atoms with E-state index in [1.165, 1.54) is 0 Å². The molecule has 0 aliphatic rings. The highest BCUT2D eigenvalue weighted by atomic mass is 32.2. The predicted molar refractivity (Wildman–Crippen MR) is 123 cm³/mol. The molecule has 5 nitrogen and oxygen atoms in total. The molecule has 0 aliphatic heterocycles. The highest BCUT2D eigenvalue weighted by Crippen LogP contribution is 2.36. The minimum Gasteiger partial charge on any atom is -0.508 e. The zero-order valence-corrected chi connectivity index (χ0v) is 18.1. The number of hydrogen-bond acceptors (Lipinski definition) is 6. The van der Waals surface area contributed by atoms with Gasteiger partial charge in [0.2, 0.25) is 0 Å². The molecule has 0 atom stereocenters. The summed E-state index contributed by atoms with van der Waals surface area (Å²) in [5, 5.41) is 13.9. The molecular formula is C24H24N4OS. The summed E-state index contributed by atoms with van der Waals surface area (Å²) in [5.74, 6) is 1.54. The molecule has 4 rings (SSSR count). The Hall–Kier alpha value is -3.12. The van der Waals surface area contributed by atoms with Crippen LogP contribution in [-0.2, 0) is 6.42 Å². The molecule has 152 valence electrons. The molecule has 0 bridgehead atoms. The Morgan fingerprint density at radius 2 is 1.80 bits per heavy atom. The quantitative estimate of drug-likeness (QED) is 0.394. The van der Waals surface area contributed by atoms with Crippen LogP contribution in [0.3, 0.4) is 0 Å². The molecule has 2 aromatic heterocycles. The smallest absolute Gasteiger partial charge is 0.164 e. The maximum absolute atomic E-state index is 9.54. The van der Waals surface area contributed by atoms with Crippen LogP contribution in [0.5, 0.6) is 5.75 Å². The van der Waals surface area contributed by atoms with Gasteiger partial charge in [0.15, 0.2) is 5.65 Å². The van der Waals surface area contributed by atoms with Crippen molar-refractivity contribution in [2.24, 2.45) is 5.92 Å². The Labute approximate surface area is 180 Å². The lowest BCUT2D eigenvalue weighted by Crippen LogP contribution is -2.01. The fourth-order valence-electron chi connectivity index (χ4n) is 3.21. The van der Waals surface area contributed by atoms with Gasteiger partial charge in [-0.1, -0.05) is 31.7 Å². The van der Waals surface area contributed by atoms with E-state index in [-0.39, 0.29) is 5.75 Å². The van der Waals surface area contributed by atoms with Gasteiger partial charge in [0.25, 0.3) is 0 Å². The van der Waals surface area contributed by atoms with Crippen LogP contribution in [0.15, 0.2) is 70.7 Å². The van der Waals surface area contributed by atoms with Crippen LogP contribution in [0, 0.1) is 12.8 Å². The second-order valence-corrected chi connectivity index (χ2v) is 8.83. The third-order valence-electron chi connectivity index (χ3n) is 4.62. The molecule has 2 aromatic carbocycles. The van der Waals surface area contributed by atoms with Crippen molar-refractivity contribution < 1.29 is 5.11 Å². The minimum atomic E-state index is 0.262. The molecule has 0 fully saturated rings. The average Bonchev–Trinajstić information content (AvgIpc) is 2.71. The van der Waals surface area contributed by atoms with Gasteiger partial charge in [0.1, 0.15) is 17.9 Å². The number of aromatic nitrogens is 3. The fourth-order valence-corrected chi connectivity index (χ4v) is 4.09. The van der Waals surface area contributed by atoms with E-state index < -0.39 is 0 Å². The van der Waals surface area contributed by atoms with Crippen molar-refractivity contribution in [3.8, 4) is 5.75 Å². The van der Waals surface area contributed by atoms with Crippen molar-refractivity contribution in [2.45, 2.75) is 37.0 Å². The van der Waals surface area contributed by atoms with Crippen molar-refractivity contribution in [1.82, 2.24) is 15.0 Å². The maximum atomic E-state index is 9.54. The number of nitrogens with one attached hydrogen (secondary N) is 1. The number of aromatic hydroxyl groups is 1. The van der Waals surface area contributed by atoms with Crippen molar-refractivity contribution in [3.05, 3.63) is 72.2 Å². The summed E-state index contributed by atoms with van der Waals surface area (Å²) in [6.45, 7) is 6.44. The first kappa shape index (κ1) is 20.2.